The summed E-state index contributed by atoms with van der Waals surface area (Å²) < 4.78 is 19.1. The molecule has 4 rings (SSSR count). The van der Waals surface area contributed by atoms with E-state index in [1.807, 2.05) is 17.7 Å². The molecule has 1 aliphatic rings. The summed E-state index contributed by atoms with van der Waals surface area (Å²) in [6, 6.07) is 7.24. The minimum atomic E-state index is -0.487. The Kier molecular flexibility index (Phi) is 7.19. The molecule has 3 aromatic rings. The van der Waals surface area contributed by atoms with Crippen molar-refractivity contribution in [1.82, 2.24) is 19.7 Å². The van der Waals surface area contributed by atoms with Crippen LogP contribution in [0.1, 0.15) is 45.8 Å². The predicted octanol–water partition coefficient (Wildman–Crippen LogP) is 3.45. The van der Waals surface area contributed by atoms with Crippen molar-refractivity contribution in [3.8, 4) is 23.1 Å². The number of ether oxygens (including phenoxy) is 3. The Morgan fingerprint density at radius 1 is 1.25 bits per heavy atom. The first-order valence-corrected chi connectivity index (χ1v) is 11.1. The van der Waals surface area contributed by atoms with Gasteiger partial charge in [0.25, 0.3) is 0 Å². The minimum Gasteiger partial charge on any atom is -0.508 e. The SMILES string of the molecule is CC(O)COCCC(C)Oc1nccc(-c2nn(C3CCCCO3)c3ccc(O)cc23)n1. The number of fused-ring (bicyclic) bond motifs is 1. The van der Waals surface area contributed by atoms with E-state index < -0.39 is 6.10 Å². The van der Waals surface area contributed by atoms with Gasteiger partial charge in [-0.2, -0.15) is 10.1 Å². The number of hydrogen-bond acceptors (Lipinski definition) is 8. The fourth-order valence-corrected chi connectivity index (χ4v) is 3.73. The van der Waals surface area contributed by atoms with Gasteiger partial charge in [0.05, 0.1) is 30.5 Å². The average Bonchev–Trinajstić information content (AvgIpc) is 3.16. The van der Waals surface area contributed by atoms with Crippen LogP contribution in [0.2, 0.25) is 0 Å². The second-order valence-electron chi connectivity index (χ2n) is 8.18. The highest BCUT2D eigenvalue weighted by Gasteiger charge is 2.23. The third-order valence-electron chi connectivity index (χ3n) is 5.33. The van der Waals surface area contributed by atoms with Crippen molar-refractivity contribution in [3.05, 3.63) is 30.5 Å². The first-order valence-electron chi connectivity index (χ1n) is 11.1. The van der Waals surface area contributed by atoms with Crippen molar-refractivity contribution in [1.29, 1.82) is 0 Å². The highest BCUT2D eigenvalue weighted by atomic mass is 16.5. The van der Waals surface area contributed by atoms with Crippen LogP contribution in [0, 0.1) is 0 Å². The molecule has 2 aromatic heterocycles. The molecule has 3 heterocycles. The van der Waals surface area contributed by atoms with Gasteiger partial charge in [-0.05, 0) is 57.4 Å². The van der Waals surface area contributed by atoms with E-state index in [4.69, 9.17) is 19.3 Å². The van der Waals surface area contributed by atoms with E-state index in [1.54, 1.807) is 31.3 Å². The molecule has 1 fully saturated rings. The summed E-state index contributed by atoms with van der Waals surface area (Å²) >= 11 is 0. The second-order valence-corrected chi connectivity index (χ2v) is 8.18. The lowest BCUT2D eigenvalue weighted by molar-refractivity contribution is -0.0365. The van der Waals surface area contributed by atoms with Gasteiger partial charge in [-0.3, -0.25) is 0 Å². The monoisotopic (exact) mass is 442 g/mol. The van der Waals surface area contributed by atoms with Crippen LogP contribution < -0.4 is 4.74 Å². The Morgan fingerprint density at radius 3 is 2.91 bits per heavy atom. The summed E-state index contributed by atoms with van der Waals surface area (Å²) in [7, 11) is 0. The van der Waals surface area contributed by atoms with Gasteiger partial charge in [0, 0.05) is 24.6 Å². The number of hydrogen-bond donors (Lipinski definition) is 2. The Morgan fingerprint density at radius 2 is 2.12 bits per heavy atom. The molecule has 1 saturated heterocycles. The Labute approximate surface area is 187 Å². The third kappa shape index (κ3) is 5.35. The fraction of sp³-hybridized carbons (Fsp3) is 0.522. The average molecular weight is 443 g/mol. The van der Waals surface area contributed by atoms with Crippen LogP contribution in [0.4, 0.5) is 0 Å². The molecule has 1 aromatic carbocycles. The molecule has 0 radical (unpaired) electrons. The van der Waals surface area contributed by atoms with Crippen LogP contribution in [0.15, 0.2) is 30.5 Å². The maximum atomic E-state index is 10.1. The van der Waals surface area contributed by atoms with Crippen LogP contribution in [0.25, 0.3) is 22.3 Å². The maximum Gasteiger partial charge on any atom is 0.317 e. The summed E-state index contributed by atoms with van der Waals surface area (Å²) in [6.45, 7) is 5.09. The number of aliphatic hydroxyl groups is 1. The van der Waals surface area contributed by atoms with E-state index in [0.717, 1.165) is 30.2 Å². The van der Waals surface area contributed by atoms with Crippen LogP contribution in [0.3, 0.4) is 0 Å². The maximum absolute atomic E-state index is 10.1. The molecular formula is C23H30N4O5. The highest BCUT2D eigenvalue weighted by molar-refractivity contribution is 5.93. The largest absolute Gasteiger partial charge is 0.508 e. The highest BCUT2D eigenvalue weighted by Crippen LogP contribution is 2.34. The molecule has 3 unspecified atom stereocenters. The lowest BCUT2D eigenvalue weighted by Crippen LogP contribution is -2.19. The molecule has 9 heteroatoms. The first-order chi connectivity index (χ1) is 15.5. The zero-order valence-corrected chi connectivity index (χ0v) is 18.5. The van der Waals surface area contributed by atoms with Crippen LogP contribution in [0.5, 0.6) is 11.8 Å². The van der Waals surface area contributed by atoms with Gasteiger partial charge in [-0.1, -0.05) is 0 Å². The zero-order chi connectivity index (χ0) is 22.5. The number of nitrogens with zero attached hydrogens (tertiary/aromatic N) is 4. The molecular weight excluding hydrogens is 412 g/mol. The van der Waals surface area contributed by atoms with Gasteiger partial charge in [-0.15, -0.1) is 0 Å². The van der Waals surface area contributed by atoms with Crippen molar-refractivity contribution in [3.63, 3.8) is 0 Å². The van der Waals surface area contributed by atoms with Crippen LogP contribution >= 0.6 is 0 Å². The van der Waals surface area contributed by atoms with Gasteiger partial charge < -0.3 is 24.4 Å². The van der Waals surface area contributed by atoms with E-state index in [9.17, 15) is 10.2 Å². The van der Waals surface area contributed by atoms with Crippen molar-refractivity contribution in [2.75, 3.05) is 19.8 Å². The van der Waals surface area contributed by atoms with Gasteiger partial charge in [0.1, 0.15) is 17.5 Å². The summed E-state index contributed by atoms with van der Waals surface area (Å²) in [5.74, 6) is 0.166. The molecule has 32 heavy (non-hydrogen) atoms. The number of rotatable bonds is 9. The quantitative estimate of drug-likeness (QED) is 0.485. The Balaban J connectivity index is 1.56. The van der Waals surface area contributed by atoms with Crippen molar-refractivity contribution in [2.24, 2.45) is 0 Å². The number of aromatic hydroxyl groups is 1. The summed E-state index contributed by atoms with van der Waals surface area (Å²) in [4.78, 5) is 8.80. The second kappa shape index (κ2) is 10.2. The first kappa shape index (κ1) is 22.4. The van der Waals surface area contributed by atoms with E-state index in [-0.39, 0.29) is 24.1 Å². The Hall–Kier alpha value is -2.75. The molecule has 0 bridgehead atoms. The third-order valence-corrected chi connectivity index (χ3v) is 5.33. The van der Waals surface area contributed by atoms with E-state index >= 15 is 0 Å². The summed E-state index contributed by atoms with van der Waals surface area (Å²) in [6.07, 6.45) is 4.53. The molecule has 9 nitrogen and oxygen atoms in total. The Bertz CT molecular complexity index is 1030. The minimum absolute atomic E-state index is 0.135. The van der Waals surface area contributed by atoms with Crippen LogP contribution in [-0.4, -0.2) is 62.0 Å². The van der Waals surface area contributed by atoms with Gasteiger partial charge in [-0.25, -0.2) is 9.67 Å². The predicted molar refractivity (Wildman–Crippen MR) is 118 cm³/mol. The topological polar surface area (TPSA) is 112 Å². The van der Waals surface area contributed by atoms with Crippen molar-refractivity contribution < 1.29 is 24.4 Å². The number of aliphatic hydroxyl groups excluding tert-OH is 1. The normalized spacial score (nSPS) is 18.5. The molecule has 0 spiro atoms. The number of phenolic OH excluding ortho intramolecular Hbond substituents is 1. The van der Waals surface area contributed by atoms with Crippen molar-refractivity contribution in [2.45, 2.75) is 58.0 Å². The lowest BCUT2D eigenvalue weighted by atomic mass is 10.1. The molecule has 1 aliphatic heterocycles. The summed E-state index contributed by atoms with van der Waals surface area (Å²) in [5, 5.41) is 24.9. The van der Waals surface area contributed by atoms with Crippen LogP contribution in [-0.2, 0) is 9.47 Å². The van der Waals surface area contributed by atoms with Gasteiger partial charge >= 0.3 is 6.01 Å². The van der Waals surface area contributed by atoms with E-state index in [0.29, 0.717) is 37.6 Å². The molecule has 0 amide bonds. The molecule has 172 valence electrons. The van der Waals surface area contributed by atoms with E-state index in [1.165, 1.54) is 0 Å². The number of aromatic nitrogens is 4. The fourth-order valence-electron chi connectivity index (χ4n) is 3.73. The number of phenols is 1. The molecule has 0 aliphatic carbocycles. The van der Waals surface area contributed by atoms with Crippen molar-refractivity contribution >= 4 is 10.9 Å². The molecule has 0 saturated carbocycles. The van der Waals surface area contributed by atoms with Gasteiger partial charge in [0.15, 0.2) is 6.23 Å². The molecule has 2 N–H and O–H groups in total. The lowest BCUT2D eigenvalue weighted by Gasteiger charge is -2.23. The smallest absolute Gasteiger partial charge is 0.317 e. The van der Waals surface area contributed by atoms with Gasteiger partial charge in [0.2, 0.25) is 0 Å². The summed E-state index contributed by atoms with van der Waals surface area (Å²) in [5.41, 5.74) is 2.14. The molecule has 3 atom stereocenters. The van der Waals surface area contributed by atoms with E-state index in [2.05, 4.69) is 9.97 Å². The standard InChI is InChI=1S/C23H30N4O5/c1-15(28)14-30-12-9-16(2)32-23-24-10-8-19(25-23)22-18-13-17(29)6-7-20(18)27(26-22)21-5-3-4-11-31-21/h6-8,10,13,15-16,21,28-29H,3-5,9,11-12,14H2,1-2H3. The number of benzene rings is 1. The zero-order valence-electron chi connectivity index (χ0n) is 18.5.